The van der Waals surface area contributed by atoms with E-state index in [0.717, 1.165) is 11.3 Å². The summed E-state index contributed by atoms with van der Waals surface area (Å²) in [6.07, 6.45) is 3.58. The van der Waals surface area contributed by atoms with Gasteiger partial charge in [0.15, 0.2) is 5.82 Å². The quantitative estimate of drug-likeness (QED) is 0.627. The summed E-state index contributed by atoms with van der Waals surface area (Å²) in [5.41, 5.74) is 2.86. The van der Waals surface area contributed by atoms with Crippen LogP contribution in [0.5, 0.6) is 0 Å². The smallest absolute Gasteiger partial charge is 0.259 e. The zero-order valence-electron chi connectivity index (χ0n) is 17.7. The van der Waals surface area contributed by atoms with E-state index in [4.69, 9.17) is 0 Å². The number of hydrogen-bond donors (Lipinski definition) is 2. The van der Waals surface area contributed by atoms with Gasteiger partial charge >= 0.3 is 0 Å². The van der Waals surface area contributed by atoms with Gasteiger partial charge in [0.25, 0.3) is 5.91 Å². The lowest BCUT2D eigenvalue weighted by Gasteiger charge is -2.12. The van der Waals surface area contributed by atoms with Crippen LogP contribution in [0.25, 0.3) is 5.82 Å². The average molecular weight is 406 g/mol. The first-order valence-corrected chi connectivity index (χ1v) is 10.0. The Morgan fingerprint density at radius 1 is 1.03 bits per heavy atom. The van der Waals surface area contributed by atoms with E-state index >= 15 is 0 Å². The Labute approximate surface area is 176 Å². The zero-order valence-corrected chi connectivity index (χ0v) is 17.7. The molecule has 0 aliphatic heterocycles. The molecule has 3 rings (SSSR count). The second kappa shape index (κ2) is 9.35. The van der Waals surface area contributed by atoms with Gasteiger partial charge in [-0.3, -0.25) is 9.59 Å². The standard InChI is InChI=1S/C23H27N5O2/c1-15(2)22-19(14-25-28(22)20-7-5-6-12-24-20)23(30)27-18-10-8-17(9-11-18)13-21(29)26-16(3)4/h5-12,14-16H,13H2,1-4H3,(H,26,29)(H,27,30). The largest absolute Gasteiger partial charge is 0.354 e. The van der Waals surface area contributed by atoms with Gasteiger partial charge in [0.05, 0.1) is 23.9 Å². The van der Waals surface area contributed by atoms with E-state index in [9.17, 15) is 9.59 Å². The molecule has 0 saturated heterocycles. The van der Waals surface area contributed by atoms with Crippen LogP contribution >= 0.6 is 0 Å². The molecule has 1 aromatic carbocycles. The molecule has 0 unspecified atom stereocenters. The van der Waals surface area contributed by atoms with Crippen LogP contribution in [-0.4, -0.2) is 32.6 Å². The van der Waals surface area contributed by atoms with Crippen LogP contribution in [0.3, 0.4) is 0 Å². The average Bonchev–Trinajstić information content (AvgIpc) is 3.15. The molecule has 3 aromatic rings. The number of benzene rings is 1. The Morgan fingerprint density at radius 3 is 2.37 bits per heavy atom. The molecule has 7 nitrogen and oxygen atoms in total. The number of nitrogens with one attached hydrogen (secondary N) is 2. The van der Waals surface area contributed by atoms with Gasteiger partial charge in [0.2, 0.25) is 5.91 Å². The third kappa shape index (κ3) is 5.11. The first kappa shape index (κ1) is 21.2. The van der Waals surface area contributed by atoms with Crippen molar-refractivity contribution in [2.75, 3.05) is 5.32 Å². The summed E-state index contributed by atoms with van der Waals surface area (Å²) in [6.45, 7) is 7.89. The number of nitrogens with zero attached hydrogens (tertiary/aromatic N) is 3. The van der Waals surface area contributed by atoms with Gasteiger partial charge in [-0.25, -0.2) is 9.67 Å². The topological polar surface area (TPSA) is 88.9 Å². The van der Waals surface area contributed by atoms with Gasteiger partial charge in [-0.1, -0.05) is 32.0 Å². The monoisotopic (exact) mass is 405 g/mol. The van der Waals surface area contributed by atoms with Crippen LogP contribution in [-0.2, 0) is 11.2 Å². The maximum absolute atomic E-state index is 12.9. The van der Waals surface area contributed by atoms with Gasteiger partial charge in [-0.2, -0.15) is 5.10 Å². The van der Waals surface area contributed by atoms with E-state index in [0.29, 0.717) is 23.5 Å². The number of amides is 2. The summed E-state index contributed by atoms with van der Waals surface area (Å²) in [7, 11) is 0. The van der Waals surface area contributed by atoms with E-state index in [-0.39, 0.29) is 23.8 Å². The minimum atomic E-state index is -0.230. The number of rotatable bonds is 7. The Hall–Kier alpha value is -3.48. The van der Waals surface area contributed by atoms with Crippen molar-refractivity contribution in [2.45, 2.75) is 46.1 Å². The molecule has 2 aromatic heterocycles. The minimum absolute atomic E-state index is 0.0229. The molecule has 0 saturated carbocycles. The van der Waals surface area contributed by atoms with Crippen LogP contribution in [0, 0.1) is 0 Å². The maximum atomic E-state index is 12.9. The first-order chi connectivity index (χ1) is 14.3. The molecule has 156 valence electrons. The number of carbonyl (C=O) groups is 2. The highest BCUT2D eigenvalue weighted by Gasteiger charge is 2.21. The van der Waals surface area contributed by atoms with E-state index in [1.54, 1.807) is 29.2 Å². The Bertz CT molecular complexity index is 1010. The number of hydrogen-bond acceptors (Lipinski definition) is 4. The van der Waals surface area contributed by atoms with Gasteiger partial charge < -0.3 is 10.6 Å². The highest BCUT2D eigenvalue weighted by atomic mass is 16.2. The van der Waals surface area contributed by atoms with Crippen LogP contribution in [0.15, 0.2) is 54.9 Å². The van der Waals surface area contributed by atoms with Gasteiger partial charge in [-0.05, 0) is 49.6 Å². The lowest BCUT2D eigenvalue weighted by Crippen LogP contribution is -2.31. The van der Waals surface area contributed by atoms with Crippen molar-refractivity contribution < 1.29 is 9.59 Å². The van der Waals surface area contributed by atoms with Crippen molar-refractivity contribution in [2.24, 2.45) is 0 Å². The van der Waals surface area contributed by atoms with Gasteiger partial charge in [0, 0.05) is 17.9 Å². The van der Waals surface area contributed by atoms with Crippen molar-refractivity contribution >= 4 is 17.5 Å². The lowest BCUT2D eigenvalue weighted by molar-refractivity contribution is -0.120. The second-order valence-electron chi connectivity index (χ2n) is 7.75. The predicted octanol–water partition coefficient (Wildman–Crippen LogP) is 3.71. The fourth-order valence-corrected chi connectivity index (χ4v) is 3.21. The zero-order chi connectivity index (χ0) is 21.7. The summed E-state index contributed by atoms with van der Waals surface area (Å²) in [4.78, 5) is 29.2. The molecule has 0 spiro atoms. The molecule has 2 heterocycles. The molecular weight excluding hydrogens is 378 g/mol. The minimum Gasteiger partial charge on any atom is -0.354 e. The highest BCUT2D eigenvalue weighted by Crippen LogP contribution is 2.23. The SMILES string of the molecule is CC(C)NC(=O)Cc1ccc(NC(=O)c2cnn(-c3ccccn3)c2C(C)C)cc1. The predicted molar refractivity (Wildman–Crippen MR) is 117 cm³/mol. The van der Waals surface area contributed by atoms with Crippen molar-refractivity contribution in [1.82, 2.24) is 20.1 Å². The summed E-state index contributed by atoms with van der Waals surface area (Å²) in [6, 6.07) is 13.0. The highest BCUT2D eigenvalue weighted by molar-refractivity contribution is 6.05. The maximum Gasteiger partial charge on any atom is 0.259 e. The van der Waals surface area contributed by atoms with Gasteiger partial charge in [-0.15, -0.1) is 0 Å². The van der Waals surface area contributed by atoms with Crippen LogP contribution in [0.1, 0.15) is 55.2 Å². The number of carbonyl (C=O) groups excluding carboxylic acids is 2. The van der Waals surface area contributed by atoms with E-state index in [1.165, 1.54) is 0 Å². The third-order valence-corrected chi connectivity index (χ3v) is 4.49. The van der Waals surface area contributed by atoms with Crippen LogP contribution in [0.2, 0.25) is 0 Å². The third-order valence-electron chi connectivity index (χ3n) is 4.49. The molecule has 0 radical (unpaired) electrons. The molecular formula is C23H27N5O2. The molecule has 2 amide bonds. The normalized spacial score (nSPS) is 11.0. The van der Waals surface area contributed by atoms with E-state index < -0.39 is 0 Å². The first-order valence-electron chi connectivity index (χ1n) is 10.0. The van der Waals surface area contributed by atoms with E-state index in [1.807, 2.05) is 58.0 Å². The molecule has 7 heteroatoms. The molecule has 0 atom stereocenters. The summed E-state index contributed by atoms with van der Waals surface area (Å²) in [5, 5.41) is 10.2. The van der Waals surface area contributed by atoms with Gasteiger partial charge in [0.1, 0.15) is 0 Å². The lowest BCUT2D eigenvalue weighted by atomic mass is 10.0. The summed E-state index contributed by atoms with van der Waals surface area (Å²) < 4.78 is 1.70. The number of pyridine rings is 1. The van der Waals surface area contributed by atoms with Crippen molar-refractivity contribution in [3.8, 4) is 5.82 Å². The van der Waals surface area contributed by atoms with Crippen LogP contribution < -0.4 is 10.6 Å². The van der Waals surface area contributed by atoms with Crippen molar-refractivity contribution in [3.63, 3.8) is 0 Å². The van der Waals surface area contributed by atoms with Crippen molar-refractivity contribution in [1.29, 1.82) is 0 Å². The fourth-order valence-electron chi connectivity index (χ4n) is 3.21. The Morgan fingerprint density at radius 2 is 1.77 bits per heavy atom. The Balaban J connectivity index is 1.75. The fraction of sp³-hybridized carbons (Fsp3) is 0.304. The van der Waals surface area contributed by atoms with E-state index in [2.05, 4.69) is 20.7 Å². The summed E-state index contributed by atoms with van der Waals surface area (Å²) in [5.74, 6) is 0.498. The second-order valence-corrected chi connectivity index (χ2v) is 7.75. The molecule has 0 aliphatic carbocycles. The summed E-state index contributed by atoms with van der Waals surface area (Å²) >= 11 is 0. The molecule has 0 bridgehead atoms. The number of anilines is 1. The van der Waals surface area contributed by atoms with Crippen LogP contribution in [0.4, 0.5) is 5.69 Å². The molecule has 0 aliphatic rings. The van der Waals surface area contributed by atoms with Crippen molar-refractivity contribution in [3.05, 3.63) is 71.7 Å². The molecule has 0 fully saturated rings. The molecule has 2 N–H and O–H groups in total. The Kier molecular flexibility index (Phi) is 6.61. The molecule has 30 heavy (non-hydrogen) atoms. The number of aromatic nitrogens is 3.